The Balaban J connectivity index is 2.27. The Labute approximate surface area is 127 Å². The number of aromatic nitrogens is 1. The van der Waals surface area contributed by atoms with Gasteiger partial charge in [0.15, 0.2) is 0 Å². The van der Waals surface area contributed by atoms with Crippen molar-refractivity contribution >= 4 is 27.5 Å². The van der Waals surface area contributed by atoms with Gasteiger partial charge in [0.25, 0.3) is 0 Å². The highest BCUT2D eigenvalue weighted by molar-refractivity contribution is 9.10. The minimum absolute atomic E-state index is 0.206. The highest BCUT2D eigenvalue weighted by Gasteiger charge is 2.14. The van der Waals surface area contributed by atoms with Crippen LogP contribution < -0.4 is 5.32 Å². The largest absolute Gasteiger partial charge is 0.310 e. The normalized spacial score (nSPS) is 12.4. The SMILES string of the molecule is CCNC(Cc1ccncc1)c1cc(Br)ccc1Cl. The molecule has 0 aliphatic rings. The Morgan fingerprint density at radius 3 is 2.68 bits per heavy atom. The molecule has 2 rings (SSSR count). The summed E-state index contributed by atoms with van der Waals surface area (Å²) in [6.45, 7) is 3.00. The predicted molar refractivity (Wildman–Crippen MR) is 83.5 cm³/mol. The van der Waals surface area contributed by atoms with Crippen LogP contribution in [0.1, 0.15) is 24.1 Å². The Hall–Kier alpha value is -0.900. The van der Waals surface area contributed by atoms with Crippen molar-refractivity contribution in [2.75, 3.05) is 6.54 Å². The molecule has 0 fully saturated rings. The third-order valence-corrected chi connectivity index (χ3v) is 3.81. The van der Waals surface area contributed by atoms with E-state index in [1.54, 1.807) is 0 Å². The van der Waals surface area contributed by atoms with Crippen LogP contribution in [0.2, 0.25) is 5.02 Å². The number of likely N-dealkylation sites (N-methyl/N-ethyl adjacent to an activating group) is 1. The molecule has 1 unspecified atom stereocenters. The minimum Gasteiger partial charge on any atom is -0.310 e. The maximum Gasteiger partial charge on any atom is 0.0454 e. The van der Waals surface area contributed by atoms with Gasteiger partial charge in [-0.15, -0.1) is 0 Å². The first-order chi connectivity index (χ1) is 9.20. The van der Waals surface area contributed by atoms with E-state index in [2.05, 4.69) is 39.2 Å². The number of nitrogens with one attached hydrogen (secondary N) is 1. The smallest absolute Gasteiger partial charge is 0.0454 e. The number of pyridine rings is 1. The number of hydrogen-bond acceptors (Lipinski definition) is 2. The lowest BCUT2D eigenvalue weighted by Crippen LogP contribution is -2.23. The Morgan fingerprint density at radius 1 is 1.26 bits per heavy atom. The van der Waals surface area contributed by atoms with Gasteiger partial charge in [-0.1, -0.05) is 34.5 Å². The topological polar surface area (TPSA) is 24.9 Å². The highest BCUT2D eigenvalue weighted by atomic mass is 79.9. The molecule has 1 aromatic heterocycles. The van der Waals surface area contributed by atoms with E-state index in [-0.39, 0.29) is 6.04 Å². The molecule has 0 aliphatic carbocycles. The van der Waals surface area contributed by atoms with Crippen LogP contribution in [0.15, 0.2) is 47.2 Å². The number of benzene rings is 1. The van der Waals surface area contributed by atoms with Gasteiger partial charge in [0.05, 0.1) is 0 Å². The summed E-state index contributed by atoms with van der Waals surface area (Å²) < 4.78 is 1.05. The maximum atomic E-state index is 6.32. The number of hydrogen-bond donors (Lipinski definition) is 1. The van der Waals surface area contributed by atoms with Gasteiger partial charge < -0.3 is 5.32 Å². The van der Waals surface area contributed by atoms with Crippen LogP contribution in [0.3, 0.4) is 0 Å². The predicted octanol–water partition coefficient (Wildman–Crippen LogP) is 4.39. The average molecular weight is 340 g/mol. The van der Waals surface area contributed by atoms with E-state index >= 15 is 0 Å². The van der Waals surface area contributed by atoms with Crippen molar-refractivity contribution in [1.29, 1.82) is 0 Å². The number of rotatable bonds is 5. The lowest BCUT2D eigenvalue weighted by Gasteiger charge is -2.20. The third-order valence-electron chi connectivity index (χ3n) is 2.97. The van der Waals surface area contributed by atoms with Gasteiger partial charge in [-0.3, -0.25) is 4.98 Å². The molecule has 0 amide bonds. The van der Waals surface area contributed by atoms with Gasteiger partial charge in [-0.2, -0.15) is 0 Å². The van der Waals surface area contributed by atoms with E-state index in [9.17, 15) is 0 Å². The van der Waals surface area contributed by atoms with Crippen LogP contribution in [-0.2, 0) is 6.42 Å². The summed E-state index contributed by atoms with van der Waals surface area (Å²) in [7, 11) is 0. The van der Waals surface area contributed by atoms with Gasteiger partial charge in [0.2, 0.25) is 0 Å². The minimum atomic E-state index is 0.206. The first-order valence-corrected chi connectivity index (χ1v) is 7.45. The van der Waals surface area contributed by atoms with Crippen molar-refractivity contribution in [3.63, 3.8) is 0 Å². The second-order valence-electron chi connectivity index (χ2n) is 4.34. The van der Waals surface area contributed by atoms with Crippen molar-refractivity contribution in [2.24, 2.45) is 0 Å². The second-order valence-corrected chi connectivity index (χ2v) is 5.66. The fraction of sp³-hybridized carbons (Fsp3) is 0.267. The molecular formula is C15H16BrClN2. The molecule has 1 atom stereocenters. The molecule has 1 aromatic carbocycles. The fourth-order valence-corrected chi connectivity index (χ4v) is 2.70. The van der Waals surface area contributed by atoms with Crippen molar-refractivity contribution in [3.8, 4) is 0 Å². The maximum absolute atomic E-state index is 6.32. The highest BCUT2D eigenvalue weighted by Crippen LogP contribution is 2.28. The van der Waals surface area contributed by atoms with Crippen LogP contribution >= 0.6 is 27.5 Å². The van der Waals surface area contributed by atoms with Gasteiger partial charge in [-0.25, -0.2) is 0 Å². The summed E-state index contributed by atoms with van der Waals surface area (Å²) >= 11 is 9.82. The van der Waals surface area contributed by atoms with Crippen LogP contribution in [0.4, 0.5) is 0 Å². The third kappa shape index (κ3) is 4.03. The molecule has 0 bridgehead atoms. The summed E-state index contributed by atoms with van der Waals surface area (Å²) in [6, 6.07) is 10.3. The summed E-state index contributed by atoms with van der Waals surface area (Å²) in [6.07, 6.45) is 4.54. The van der Waals surface area contributed by atoms with Gasteiger partial charge in [0.1, 0.15) is 0 Å². The lowest BCUT2D eigenvalue weighted by atomic mass is 9.99. The molecule has 0 radical (unpaired) electrons. The van der Waals surface area contributed by atoms with E-state index in [1.807, 2.05) is 36.7 Å². The molecule has 0 spiro atoms. The average Bonchev–Trinajstić information content (AvgIpc) is 2.42. The number of halogens is 2. The Morgan fingerprint density at radius 2 is 2.00 bits per heavy atom. The zero-order valence-electron chi connectivity index (χ0n) is 10.7. The Bertz CT molecular complexity index is 531. The zero-order valence-corrected chi connectivity index (χ0v) is 13.1. The molecular weight excluding hydrogens is 324 g/mol. The molecule has 2 aromatic rings. The van der Waals surface area contributed by atoms with Crippen LogP contribution in [0.25, 0.3) is 0 Å². The van der Waals surface area contributed by atoms with Crippen LogP contribution in [0.5, 0.6) is 0 Å². The molecule has 4 heteroatoms. The first kappa shape index (κ1) is 14.5. The van der Waals surface area contributed by atoms with Gasteiger partial charge in [-0.05, 0) is 54.4 Å². The van der Waals surface area contributed by atoms with Crippen LogP contribution in [0, 0.1) is 0 Å². The van der Waals surface area contributed by atoms with Crippen LogP contribution in [-0.4, -0.2) is 11.5 Å². The van der Waals surface area contributed by atoms with Crippen molar-refractivity contribution in [1.82, 2.24) is 10.3 Å². The monoisotopic (exact) mass is 338 g/mol. The van der Waals surface area contributed by atoms with Crippen molar-refractivity contribution in [2.45, 2.75) is 19.4 Å². The summed E-state index contributed by atoms with van der Waals surface area (Å²) in [4.78, 5) is 4.05. The van der Waals surface area contributed by atoms with E-state index < -0.39 is 0 Å². The molecule has 0 saturated carbocycles. The zero-order chi connectivity index (χ0) is 13.7. The molecule has 1 heterocycles. The molecule has 2 nitrogen and oxygen atoms in total. The van der Waals surface area contributed by atoms with E-state index in [4.69, 9.17) is 11.6 Å². The Kier molecular flexibility index (Phi) is 5.37. The van der Waals surface area contributed by atoms with E-state index in [1.165, 1.54) is 5.56 Å². The van der Waals surface area contributed by atoms with Crippen molar-refractivity contribution in [3.05, 3.63) is 63.3 Å². The van der Waals surface area contributed by atoms with Gasteiger partial charge >= 0.3 is 0 Å². The standard InChI is InChI=1S/C15H16BrClN2/c1-2-19-15(9-11-5-7-18-8-6-11)13-10-12(16)3-4-14(13)17/h3-8,10,15,19H,2,9H2,1H3. The summed E-state index contributed by atoms with van der Waals surface area (Å²) in [5.41, 5.74) is 2.37. The second kappa shape index (κ2) is 7.04. The molecule has 0 saturated heterocycles. The lowest BCUT2D eigenvalue weighted by molar-refractivity contribution is 0.549. The number of nitrogens with zero attached hydrogens (tertiary/aromatic N) is 1. The van der Waals surface area contributed by atoms with Gasteiger partial charge in [0, 0.05) is 27.9 Å². The fourth-order valence-electron chi connectivity index (χ4n) is 2.07. The quantitative estimate of drug-likeness (QED) is 0.874. The summed E-state index contributed by atoms with van der Waals surface area (Å²) in [5, 5.41) is 4.28. The first-order valence-electron chi connectivity index (χ1n) is 6.28. The van der Waals surface area contributed by atoms with E-state index in [0.717, 1.165) is 28.0 Å². The molecule has 100 valence electrons. The van der Waals surface area contributed by atoms with E-state index in [0.29, 0.717) is 0 Å². The molecule has 19 heavy (non-hydrogen) atoms. The van der Waals surface area contributed by atoms with Crippen molar-refractivity contribution < 1.29 is 0 Å². The summed E-state index contributed by atoms with van der Waals surface area (Å²) in [5.74, 6) is 0. The molecule has 1 N–H and O–H groups in total. The molecule has 0 aliphatic heterocycles.